The number of carbonyl (C=O) groups is 5. The van der Waals surface area contributed by atoms with E-state index in [1.165, 1.54) is 37.3 Å². The zero-order valence-corrected chi connectivity index (χ0v) is 17.1. The number of hydrogen-bond acceptors (Lipinski definition) is 8. The van der Waals surface area contributed by atoms with Gasteiger partial charge in [0, 0.05) is 18.8 Å². The largest absolute Gasteiger partial charge is 0.465 e. The Morgan fingerprint density at radius 3 is 2.17 bits per heavy atom. The van der Waals surface area contributed by atoms with Crippen LogP contribution in [-0.4, -0.2) is 68.5 Å². The highest BCUT2D eigenvalue weighted by molar-refractivity contribution is 6.32. The molecule has 1 saturated heterocycles. The van der Waals surface area contributed by atoms with E-state index in [1.54, 1.807) is 0 Å². The van der Waals surface area contributed by atoms with Gasteiger partial charge >= 0.3 is 23.8 Å². The fraction of sp³-hybridized carbons (Fsp3) is 0.450. The van der Waals surface area contributed by atoms with Crippen LogP contribution < -0.4 is 5.32 Å². The van der Waals surface area contributed by atoms with E-state index < -0.39 is 36.3 Å². The van der Waals surface area contributed by atoms with Crippen molar-refractivity contribution in [3.63, 3.8) is 0 Å². The number of ether oxygens (including phenoxy) is 3. The number of benzene rings is 1. The Bertz CT molecular complexity index is 817. The normalized spacial score (nSPS) is 15.7. The van der Waals surface area contributed by atoms with Crippen molar-refractivity contribution in [2.24, 2.45) is 5.92 Å². The van der Waals surface area contributed by atoms with Gasteiger partial charge in [-0.3, -0.25) is 9.59 Å². The Labute approximate surface area is 173 Å². The van der Waals surface area contributed by atoms with Crippen molar-refractivity contribution in [1.82, 2.24) is 4.90 Å². The van der Waals surface area contributed by atoms with Crippen LogP contribution in [0.4, 0.5) is 5.69 Å². The summed E-state index contributed by atoms with van der Waals surface area (Å²) in [7, 11) is 2.34. The molecule has 0 radical (unpaired) electrons. The SMILES string of the molecule is COC(=O)c1cc(NC(=O)COC(=O)C(=O)N2CCCC(C)C2)cc(C(=O)OC)c1. The molecule has 1 aromatic carbocycles. The maximum atomic E-state index is 12.1. The fourth-order valence-electron chi connectivity index (χ4n) is 3.06. The van der Waals surface area contributed by atoms with Crippen molar-refractivity contribution in [2.75, 3.05) is 39.2 Å². The van der Waals surface area contributed by atoms with E-state index in [2.05, 4.69) is 14.8 Å². The lowest BCUT2D eigenvalue weighted by molar-refractivity contribution is -0.162. The molecule has 1 N–H and O–H groups in total. The van der Waals surface area contributed by atoms with E-state index >= 15 is 0 Å². The van der Waals surface area contributed by atoms with Crippen LogP contribution in [0.2, 0.25) is 0 Å². The molecule has 0 bridgehead atoms. The molecule has 1 unspecified atom stereocenters. The highest BCUT2D eigenvalue weighted by atomic mass is 16.5. The van der Waals surface area contributed by atoms with Crippen molar-refractivity contribution >= 4 is 35.4 Å². The molecule has 10 nitrogen and oxygen atoms in total. The van der Waals surface area contributed by atoms with Crippen LogP contribution in [0.5, 0.6) is 0 Å². The third-order valence-corrected chi connectivity index (χ3v) is 4.51. The summed E-state index contributed by atoms with van der Waals surface area (Å²) in [6.45, 7) is 2.23. The van der Waals surface area contributed by atoms with Gasteiger partial charge in [0.25, 0.3) is 5.91 Å². The topological polar surface area (TPSA) is 128 Å². The van der Waals surface area contributed by atoms with Crippen molar-refractivity contribution in [2.45, 2.75) is 19.8 Å². The number of rotatable bonds is 5. The van der Waals surface area contributed by atoms with Gasteiger partial charge < -0.3 is 24.4 Å². The number of esters is 3. The second-order valence-electron chi connectivity index (χ2n) is 6.91. The number of carbonyl (C=O) groups excluding carboxylic acids is 5. The summed E-state index contributed by atoms with van der Waals surface area (Å²) in [6.07, 6.45) is 1.79. The second-order valence-corrected chi connectivity index (χ2v) is 6.91. The molecule has 1 atom stereocenters. The molecule has 2 amide bonds. The average Bonchev–Trinajstić information content (AvgIpc) is 2.75. The molecule has 0 saturated carbocycles. The molecule has 1 aliphatic rings. The first-order valence-electron chi connectivity index (χ1n) is 9.32. The summed E-state index contributed by atoms with van der Waals surface area (Å²) in [5.41, 5.74) is 0.125. The molecular weight excluding hydrogens is 396 g/mol. The van der Waals surface area contributed by atoms with Crippen LogP contribution in [-0.2, 0) is 28.6 Å². The van der Waals surface area contributed by atoms with Gasteiger partial charge in [-0.1, -0.05) is 6.92 Å². The quantitative estimate of drug-likeness (QED) is 0.424. The van der Waals surface area contributed by atoms with Gasteiger partial charge in [-0.05, 0) is 37.0 Å². The number of anilines is 1. The van der Waals surface area contributed by atoms with Crippen LogP contribution in [0.25, 0.3) is 0 Å². The van der Waals surface area contributed by atoms with Crippen molar-refractivity contribution in [3.05, 3.63) is 29.3 Å². The lowest BCUT2D eigenvalue weighted by atomic mass is 10.0. The first kappa shape index (κ1) is 22.9. The molecule has 10 heteroatoms. The predicted octanol–water partition coefficient (Wildman–Crippen LogP) is 1.000. The number of methoxy groups -OCH3 is 2. The van der Waals surface area contributed by atoms with Gasteiger partial charge in [0.05, 0.1) is 25.3 Å². The van der Waals surface area contributed by atoms with Crippen molar-refractivity contribution in [3.8, 4) is 0 Å². The number of likely N-dealkylation sites (tertiary alicyclic amines) is 1. The Hall–Kier alpha value is -3.43. The molecule has 1 aliphatic heterocycles. The predicted molar refractivity (Wildman–Crippen MR) is 104 cm³/mol. The molecule has 1 fully saturated rings. The summed E-state index contributed by atoms with van der Waals surface area (Å²) >= 11 is 0. The zero-order chi connectivity index (χ0) is 22.3. The van der Waals surface area contributed by atoms with Crippen LogP contribution >= 0.6 is 0 Å². The highest BCUT2D eigenvalue weighted by Gasteiger charge is 2.27. The Morgan fingerprint density at radius 1 is 1.03 bits per heavy atom. The molecule has 1 heterocycles. The summed E-state index contributed by atoms with van der Waals surface area (Å²) in [5, 5.41) is 2.40. The van der Waals surface area contributed by atoms with Crippen LogP contribution in [0, 0.1) is 5.92 Å². The Balaban J connectivity index is 1.99. The minimum absolute atomic E-state index is 0.0158. The summed E-state index contributed by atoms with van der Waals surface area (Å²) in [5.74, 6) is -3.79. The molecular formula is C20H24N2O8. The standard InChI is InChI=1S/C20H24N2O8/c1-12-5-4-6-22(10-12)17(24)20(27)30-11-16(23)21-15-8-13(18(25)28-2)7-14(9-15)19(26)29-3/h7-9,12H,4-6,10-11H2,1-3H3,(H,21,23). The average molecular weight is 420 g/mol. The Kier molecular flexibility index (Phi) is 7.90. The van der Waals surface area contributed by atoms with Crippen LogP contribution in [0.3, 0.4) is 0 Å². The minimum Gasteiger partial charge on any atom is -0.465 e. The van der Waals surface area contributed by atoms with E-state index in [0.717, 1.165) is 12.8 Å². The number of nitrogens with one attached hydrogen (secondary N) is 1. The van der Waals surface area contributed by atoms with Crippen molar-refractivity contribution < 1.29 is 38.2 Å². The van der Waals surface area contributed by atoms with Gasteiger partial charge in [0.15, 0.2) is 6.61 Å². The number of hydrogen-bond donors (Lipinski definition) is 1. The molecule has 1 aromatic rings. The maximum Gasteiger partial charge on any atom is 0.397 e. The first-order valence-corrected chi connectivity index (χ1v) is 9.32. The first-order chi connectivity index (χ1) is 14.2. The van der Waals surface area contributed by atoms with Crippen LogP contribution in [0.1, 0.15) is 40.5 Å². The lowest BCUT2D eigenvalue weighted by Gasteiger charge is -2.29. The van der Waals surface area contributed by atoms with E-state index in [-0.39, 0.29) is 16.8 Å². The third kappa shape index (κ3) is 6.03. The fourth-order valence-corrected chi connectivity index (χ4v) is 3.06. The molecule has 162 valence electrons. The summed E-state index contributed by atoms with van der Waals surface area (Å²) in [4.78, 5) is 61.2. The number of nitrogens with zero attached hydrogens (tertiary/aromatic N) is 1. The number of amides is 2. The van der Waals surface area contributed by atoms with Gasteiger partial charge in [-0.15, -0.1) is 0 Å². The third-order valence-electron chi connectivity index (χ3n) is 4.51. The summed E-state index contributed by atoms with van der Waals surface area (Å²) in [6, 6.07) is 3.84. The maximum absolute atomic E-state index is 12.1. The van der Waals surface area contributed by atoms with Gasteiger partial charge in [0.2, 0.25) is 0 Å². The van der Waals surface area contributed by atoms with E-state index in [4.69, 9.17) is 4.74 Å². The Morgan fingerprint density at radius 2 is 1.63 bits per heavy atom. The molecule has 0 aromatic heterocycles. The van der Waals surface area contributed by atoms with Gasteiger partial charge in [-0.2, -0.15) is 0 Å². The molecule has 0 spiro atoms. The van der Waals surface area contributed by atoms with Crippen molar-refractivity contribution in [1.29, 1.82) is 0 Å². The van der Waals surface area contributed by atoms with E-state index in [9.17, 15) is 24.0 Å². The van der Waals surface area contributed by atoms with Gasteiger partial charge in [0.1, 0.15) is 0 Å². The van der Waals surface area contributed by atoms with E-state index in [0.29, 0.717) is 19.0 Å². The van der Waals surface area contributed by atoms with Gasteiger partial charge in [-0.25, -0.2) is 14.4 Å². The lowest BCUT2D eigenvalue weighted by Crippen LogP contribution is -2.43. The zero-order valence-electron chi connectivity index (χ0n) is 17.1. The highest BCUT2D eigenvalue weighted by Crippen LogP contribution is 2.18. The molecule has 2 rings (SSSR count). The smallest absolute Gasteiger partial charge is 0.397 e. The second kappa shape index (κ2) is 10.4. The molecule has 0 aliphatic carbocycles. The van der Waals surface area contributed by atoms with E-state index in [1.807, 2.05) is 6.92 Å². The van der Waals surface area contributed by atoms with Crippen LogP contribution in [0.15, 0.2) is 18.2 Å². The number of piperidine rings is 1. The molecule has 30 heavy (non-hydrogen) atoms. The minimum atomic E-state index is -1.11. The summed E-state index contributed by atoms with van der Waals surface area (Å²) < 4.78 is 14.0. The monoisotopic (exact) mass is 420 g/mol.